The van der Waals surface area contributed by atoms with Gasteiger partial charge in [0.05, 0.1) is 0 Å². The molecule has 0 bridgehead atoms. The van der Waals surface area contributed by atoms with E-state index in [2.05, 4.69) is 10.6 Å². The summed E-state index contributed by atoms with van der Waals surface area (Å²) in [5.41, 5.74) is 0. The number of carbonyl (C=O) groups excluding carboxylic acids is 1. The van der Waals surface area contributed by atoms with Crippen molar-refractivity contribution in [2.24, 2.45) is 0 Å². The molecule has 1 saturated carbocycles. The van der Waals surface area contributed by atoms with E-state index in [1.807, 2.05) is 6.92 Å². The Hall–Kier alpha value is -0.580. The maximum Gasteiger partial charge on any atom is 0.315 e. The summed E-state index contributed by atoms with van der Waals surface area (Å²) in [6.07, 6.45) is 4.61. The average Bonchev–Trinajstić information content (AvgIpc) is 2.70. The van der Waals surface area contributed by atoms with Crippen LogP contribution in [0.25, 0.3) is 0 Å². The first-order valence-corrected chi connectivity index (χ1v) is 7.10. The van der Waals surface area contributed by atoms with Crippen molar-refractivity contribution in [1.29, 1.82) is 0 Å². The third-order valence-corrected chi connectivity index (χ3v) is 3.93. The maximum absolute atomic E-state index is 11.3. The summed E-state index contributed by atoms with van der Waals surface area (Å²) in [5.74, 6) is 1.21. The van der Waals surface area contributed by atoms with Crippen molar-refractivity contribution in [3.8, 4) is 0 Å². The van der Waals surface area contributed by atoms with Crippen molar-refractivity contribution < 1.29 is 9.00 Å². The van der Waals surface area contributed by atoms with Crippen LogP contribution in [0.2, 0.25) is 0 Å². The van der Waals surface area contributed by atoms with E-state index >= 15 is 0 Å². The molecule has 0 spiro atoms. The van der Waals surface area contributed by atoms with E-state index < -0.39 is 10.8 Å². The lowest BCUT2D eigenvalue weighted by Crippen LogP contribution is -2.42. The van der Waals surface area contributed by atoms with Crippen molar-refractivity contribution >= 4 is 16.8 Å². The summed E-state index contributed by atoms with van der Waals surface area (Å²) in [6.45, 7) is 2.38. The summed E-state index contributed by atoms with van der Waals surface area (Å²) < 4.78 is 11.1. The van der Waals surface area contributed by atoms with E-state index in [4.69, 9.17) is 0 Å². The number of hydrogen-bond donors (Lipinski definition) is 2. The SMILES string of the molecule is CCS(=O)CCNC(=O)NC1CCCC1. The highest BCUT2D eigenvalue weighted by atomic mass is 32.2. The van der Waals surface area contributed by atoms with Crippen LogP contribution in [0.1, 0.15) is 32.6 Å². The van der Waals surface area contributed by atoms with Gasteiger partial charge in [-0.2, -0.15) is 0 Å². The molecule has 1 aliphatic rings. The first-order valence-electron chi connectivity index (χ1n) is 5.61. The molecule has 0 aromatic carbocycles. The van der Waals surface area contributed by atoms with Crippen molar-refractivity contribution in [3.63, 3.8) is 0 Å². The Morgan fingerprint density at radius 3 is 2.67 bits per heavy atom. The number of carbonyl (C=O) groups is 1. The van der Waals surface area contributed by atoms with Gasteiger partial charge < -0.3 is 10.6 Å². The number of rotatable bonds is 5. The molecule has 2 N–H and O–H groups in total. The monoisotopic (exact) mass is 232 g/mol. The summed E-state index contributed by atoms with van der Waals surface area (Å²) in [7, 11) is -0.790. The van der Waals surface area contributed by atoms with Gasteiger partial charge in [0.2, 0.25) is 0 Å². The second kappa shape index (κ2) is 6.82. The topological polar surface area (TPSA) is 58.2 Å². The Bertz CT molecular complexity index is 227. The van der Waals surface area contributed by atoms with E-state index in [1.54, 1.807) is 0 Å². The molecule has 0 saturated heterocycles. The molecular formula is C10H20N2O2S. The van der Waals surface area contributed by atoms with E-state index in [-0.39, 0.29) is 6.03 Å². The zero-order chi connectivity index (χ0) is 11.1. The van der Waals surface area contributed by atoms with Crippen LogP contribution in [0.5, 0.6) is 0 Å². The zero-order valence-electron chi connectivity index (χ0n) is 9.25. The Kier molecular flexibility index (Phi) is 5.68. The van der Waals surface area contributed by atoms with E-state index in [9.17, 15) is 9.00 Å². The van der Waals surface area contributed by atoms with E-state index in [0.717, 1.165) is 12.8 Å². The maximum atomic E-state index is 11.3. The van der Waals surface area contributed by atoms with Crippen LogP contribution in [0.4, 0.5) is 4.79 Å². The van der Waals surface area contributed by atoms with E-state index in [0.29, 0.717) is 24.1 Å². The summed E-state index contributed by atoms with van der Waals surface area (Å²) in [4.78, 5) is 11.3. The predicted molar refractivity (Wildman–Crippen MR) is 62.3 cm³/mol. The first-order chi connectivity index (χ1) is 7.22. The standard InChI is InChI=1S/C10H20N2O2S/c1-2-15(14)8-7-11-10(13)12-9-5-3-4-6-9/h9H,2-8H2,1H3,(H2,11,12,13). The Balaban J connectivity index is 2.05. The van der Waals surface area contributed by atoms with Gasteiger partial charge in [0, 0.05) is 34.9 Å². The van der Waals surface area contributed by atoms with Crippen LogP contribution in [0.3, 0.4) is 0 Å². The van der Waals surface area contributed by atoms with Gasteiger partial charge in [0.15, 0.2) is 0 Å². The zero-order valence-corrected chi connectivity index (χ0v) is 10.1. The molecule has 1 atom stereocenters. The molecular weight excluding hydrogens is 212 g/mol. The van der Waals surface area contributed by atoms with Gasteiger partial charge in [-0.25, -0.2) is 4.79 Å². The van der Waals surface area contributed by atoms with Crippen LogP contribution in [-0.2, 0) is 10.8 Å². The van der Waals surface area contributed by atoms with Gasteiger partial charge in [-0.3, -0.25) is 4.21 Å². The van der Waals surface area contributed by atoms with Crippen LogP contribution in [-0.4, -0.2) is 34.3 Å². The fourth-order valence-corrected chi connectivity index (χ4v) is 2.35. The van der Waals surface area contributed by atoms with Crippen molar-refractivity contribution in [2.75, 3.05) is 18.1 Å². The largest absolute Gasteiger partial charge is 0.337 e. The molecule has 4 nitrogen and oxygen atoms in total. The fourth-order valence-electron chi connectivity index (χ4n) is 1.73. The van der Waals surface area contributed by atoms with Crippen LogP contribution < -0.4 is 10.6 Å². The van der Waals surface area contributed by atoms with Crippen LogP contribution in [0.15, 0.2) is 0 Å². The molecule has 0 heterocycles. The van der Waals surface area contributed by atoms with Gasteiger partial charge >= 0.3 is 6.03 Å². The first kappa shape index (κ1) is 12.5. The second-order valence-corrected chi connectivity index (χ2v) is 5.68. The third kappa shape index (κ3) is 5.16. The minimum absolute atomic E-state index is 0.116. The van der Waals surface area contributed by atoms with Gasteiger partial charge in [0.25, 0.3) is 0 Å². The number of nitrogens with one attached hydrogen (secondary N) is 2. The molecule has 1 aliphatic carbocycles. The number of hydrogen-bond acceptors (Lipinski definition) is 2. The van der Waals surface area contributed by atoms with Gasteiger partial charge in [-0.1, -0.05) is 19.8 Å². The average molecular weight is 232 g/mol. The van der Waals surface area contributed by atoms with Gasteiger partial charge in [-0.15, -0.1) is 0 Å². The van der Waals surface area contributed by atoms with Gasteiger partial charge in [0.1, 0.15) is 0 Å². The molecule has 0 radical (unpaired) electrons. The minimum atomic E-state index is -0.790. The van der Waals surface area contributed by atoms with Crippen LogP contribution >= 0.6 is 0 Å². The molecule has 5 heteroatoms. The summed E-state index contributed by atoms with van der Waals surface area (Å²) >= 11 is 0. The third-order valence-electron chi connectivity index (χ3n) is 2.63. The summed E-state index contributed by atoms with van der Waals surface area (Å²) in [6, 6.07) is 0.233. The minimum Gasteiger partial charge on any atom is -0.337 e. The molecule has 1 fully saturated rings. The van der Waals surface area contributed by atoms with Crippen molar-refractivity contribution in [3.05, 3.63) is 0 Å². The molecule has 0 aromatic heterocycles. The molecule has 1 unspecified atom stereocenters. The molecule has 1 rings (SSSR count). The number of amides is 2. The lowest BCUT2D eigenvalue weighted by atomic mass is 10.3. The smallest absolute Gasteiger partial charge is 0.315 e. The van der Waals surface area contributed by atoms with Crippen LogP contribution in [0, 0.1) is 0 Å². The highest BCUT2D eigenvalue weighted by molar-refractivity contribution is 7.84. The molecule has 88 valence electrons. The lowest BCUT2D eigenvalue weighted by molar-refractivity contribution is 0.237. The molecule has 0 aromatic rings. The van der Waals surface area contributed by atoms with Crippen molar-refractivity contribution in [2.45, 2.75) is 38.6 Å². The normalized spacial score (nSPS) is 18.7. The Morgan fingerprint density at radius 1 is 1.40 bits per heavy atom. The molecule has 15 heavy (non-hydrogen) atoms. The quantitative estimate of drug-likeness (QED) is 0.743. The van der Waals surface area contributed by atoms with Crippen molar-refractivity contribution in [1.82, 2.24) is 10.6 Å². The van der Waals surface area contributed by atoms with E-state index in [1.165, 1.54) is 12.8 Å². The summed E-state index contributed by atoms with van der Waals surface area (Å²) in [5, 5.41) is 5.65. The lowest BCUT2D eigenvalue weighted by Gasteiger charge is -2.12. The molecule has 0 aliphatic heterocycles. The second-order valence-electron chi connectivity index (χ2n) is 3.81. The predicted octanol–water partition coefficient (Wildman–Crippen LogP) is 0.997. The highest BCUT2D eigenvalue weighted by Gasteiger charge is 2.16. The highest BCUT2D eigenvalue weighted by Crippen LogP contribution is 2.17. The fraction of sp³-hybridized carbons (Fsp3) is 0.900. The molecule has 2 amide bonds. The Morgan fingerprint density at radius 2 is 2.07 bits per heavy atom. The van der Waals surface area contributed by atoms with Gasteiger partial charge in [-0.05, 0) is 12.8 Å². The Labute approximate surface area is 93.7 Å². The number of urea groups is 1.